The van der Waals surface area contributed by atoms with Crippen molar-refractivity contribution in [2.24, 2.45) is 0 Å². The second kappa shape index (κ2) is 8.50. The van der Waals surface area contributed by atoms with Gasteiger partial charge in [-0.3, -0.25) is 4.79 Å². The Morgan fingerprint density at radius 2 is 1.71 bits per heavy atom. The van der Waals surface area contributed by atoms with Crippen LogP contribution in [0.25, 0.3) is 11.3 Å². The van der Waals surface area contributed by atoms with Crippen LogP contribution in [0.15, 0.2) is 59.0 Å². The summed E-state index contributed by atoms with van der Waals surface area (Å²) in [4.78, 5) is 24.3. The Morgan fingerprint density at radius 3 is 2.36 bits per heavy atom. The van der Waals surface area contributed by atoms with Gasteiger partial charge in [0, 0.05) is 16.3 Å². The maximum atomic E-state index is 12.4. The van der Waals surface area contributed by atoms with E-state index < -0.39 is 11.9 Å². The predicted molar refractivity (Wildman–Crippen MR) is 109 cm³/mol. The molecule has 2 aromatic carbocycles. The molecule has 1 aromatic heterocycles. The van der Waals surface area contributed by atoms with Gasteiger partial charge in [-0.15, -0.1) is 0 Å². The fourth-order valence-electron chi connectivity index (χ4n) is 2.46. The topological polar surface area (TPSA) is 68.5 Å². The summed E-state index contributed by atoms with van der Waals surface area (Å²) < 4.78 is 10.7. The molecule has 0 saturated carbocycles. The molecular formula is C21H17Cl2NO4. The van der Waals surface area contributed by atoms with Crippen LogP contribution in [0.4, 0.5) is 5.69 Å². The Hall–Kier alpha value is -2.76. The molecule has 1 N–H and O–H groups in total. The van der Waals surface area contributed by atoms with Crippen molar-refractivity contribution in [3.63, 3.8) is 0 Å². The van der Waals surface area contributed by atoms with Crippen molar-refractivity contribution in [2.75, 3.05) is 5.32 Å². The van der Waals surface area contributed by atoms with Crippen LogP contribution in [0.1, 0.15) is 34.8 Å². The van der Waals surface area contributed by atoms with Crippen LogP contribution in [-0.4, -0.2) is 18.0 Å². The molecule has 28 heavy (non-hydrogen) atoms. The van der Waals surface area contributed by atoms with E-state index in [9.17, 15) is 9.59 Å². The lowest BCUT2D eigenvalue weighted by atomic mass is 10.2. The number of amides is 1. The lowest BCUT2D eigenvalue weighted by Crippen LogP contribution is -2.13. The fraction of sp³-hybridized carbons (Fsp3) is 0.143. The van der Waals surface area contributed by atoms with Gasteiger partial charge in [0.15, 0.2) is 5.76 Å². The Morgan fingerprint density at radius 1 is 1.00 bits per heavy atom. The maximum Gasteiger partial charge on any atom is 0.338 e. The van der Waals surface area contributed by atoms with Crippen LogP contribution >= 0.6 is 23.2 Å². The summed E-state index contributed by atoms with van der Waals surface area (Å²) in [7, 11) is 0. The number of carbonyl (C=O) groups is 2. The van der Waals surface area contributed by atoms with Gasteiger partial charge in [-0.1, -0.05) is 23.2 Å². The number of ether oxygens (including phenoxy) is 1. The van der Waals surface area contributed by atoms with Crippen LogP contribution < -0.4 is 5.32 Å². The number of carbonyl (C=O) groups excluding carboxylic acids is 2. The van der Waals surface area contributed by atoms with Crippen LogP contribution in [0.3, 0.4) is 0 Å². The van der Waals surface area contributed by atoms with Gasteiger partial charge in [0.1, 0.15) is 5.76 Å². The summed E-state index contributed by atoms with van der Waals surface area (Å²) in [5.74, 6) is -0.250. The second-order valence-corrected chi connectivity index (χ2v) is 7.12. The van der Waals surface area contributed by atoms with Crippen LogP contribution in [0.5, 0.6) is 0 Å². The third kappa shape index (κ3) is 4.74. The molecule has 144 valence electrons. The monoisotopic (exact) mass is 417 g/mol. The van der Waals surface area contributed by atoms with Gasteiger partial charge in [-0.25, -0.2) is 4.79 Å². The van der Waals surface area contributed by atoms with Gasteiger partial charge in [0.2, 0.25) is 0 Å². The normalized spacial score (nSPS) is 10.8. The highest BCUT2D eigenvalue weighted by Crippen LogP contribution is 2.31. The molecule has 3 aromatic rings. The number of furan rings is 1. The van der Waals surface area contributed by atoms with E-state index in [1.54, 1.807) is 68.4 Å². The Labute approximate surface area is 172 Å². The molecule has 0 bridgehead atoms. The standard InChI is InChI=1S/C21H17Cl2NO4/c1-12(2)27-21(26)13-3-6-15(7-4-13)24-20(25)19-10-9-18(28-19)16-8-5-14(22)11-17(16)23/h3-12H,1-2H3,(H,24,25). The molecule has 0 aliphatic rings. The summed E-state index contributed by atoms with van der Waals surface area (Å²) in [5.41, 5.74) is 1.57. The van der Waals surface area contributed by atoms with E-state index in [1.165, 1.54) is 0 Å². The summed E-state index contributed by atoms with van der Waals surface area (Å²) >= 11 is 12.1. The quantitative estimate of drug-likeness (QED) is 0.511. The first-order valence-electron chi connectivity index (χ1n) is 8.51. The number of rotatable bonds is 5. The van der Waals surface area contributed by atoms with Crippen LogP contribution in [0, 0.1) is 0 Å². The number of hydrogen-bond acceptors (Lipinski definition) is 4. The van der Waals surface area contributed by atoms with Crippen LogP contribution in [-0.2, 0) is 4.74 Å². The first-order valence-corrected chi connectivity index (χ1v) is 9.27. The number of benzene rings is 2. The number of anilines is 1. The molecular weight excluding hydrogens is 401 g/mol. The summed E-state index contributed by atoms with van der Waals surface area (Å²) in [6.07, 6.45) is -0.200. The largest absolute Gasteiger partial charge is 0.459 e. The van der Waals surface area contributed by atoms with Crippen molar-refractivity contribution in [2.45, 2.75) is 20.0 Å². The van der Waals surface area contributed by atoms with E-state index in [4.69, 9.17) is 32.4 Å². The van der Waals surface area contributed by atoms with Crippen molar-refractivity contribution in [1.82, 2.24) is 0 Å². The van der Waals surface area contributed by atoms with E-state index >= 15 is 0 Å². The van der Waals surface area contributed by atoms with Crippen molar-refractivity contribution >= 4 is 40.8 Å². The number of nitrogens with one attached hydrogen (secondary N) is 1. The van der Waals surface area contributed by atoms with Gasteiger partial charge < -0.3 is 14.5 Å². The Kier molecular flexibility index (Phi) is 6.07. The van der Waals surface area contributed by atoms with E-state index in [2.05, 4.69) is 5.32 Å². The molecule has 3 rings (SSSR count). The smallest absolute Gasteiger partial charge is 0.338 e. The Bertz CT molecular complexity index is 1010. The maximum absolute atomic E-state index is 12.4. The van der Waals surface area contributed by atoms with Crippen molar-refractivity contribution in [3.8, 4) is 11.3 Å². The molecule has 0 unspecified atom stereocenters. The lowest BCUT2D eigenvalue weighted by Gasteiger charge is -2.08. The molecule has 0 spiro atoms. The molecule has 0 radical (unpaired) electrons. The third-order valence-electron chi connectivity index (χ3n) is 3.75. The molecule has 0 aliphatic heterocycles. The third-order valence-corrected chi connectivity index (χ3v) is 4.30. The van der Waals surface area contributed by atoms with E-state index in [0.717, 1.165) is 0 Å². The molecule has 5 nitrogen and oxygen atoms in total. The first kappa shape index (κ1) is 20.0. The average Bonchev–Trinajstić information content (AvgIpc) is 3.11. The van der Waals surface area contributed by atoms with Gasteiger partial charge >= 0.3 is 5.97 Å². The molecule has 0 saturated heterocycles. The molecule has 1 heterocycles. The SMILES string of the molecule is CC(C)OC(=O)c1ccc(NC(=O)c2ccc(-c3ccc(Cl)cc3Cl)o2)cc1. The highest BCUT2D eigenvalue weighted by Gasteiger charge is 2.15. The summed E-state index contributed by atoms with van der Waals surface area (Å²) in [6.45, 7) is 3.56. The number of halogens is 2. The van der Waals surface area contributed by atoms with Crippen molar-refractivity contribution in [1.29, 1.82) is 0 Å². The second-order valence-electron chi connectivity index (χ2n) is 6.27. The van der Waals surface area contributed by atoms with E-state index in [0.29, 0.717) is 32.6 Å². The first-order chi connectivity index (χ1) is 13.3. The molecule has 0 fully saturated rings. The van der Waals surface area contributed by atoms with Gasteiger partial charge in [-0.2, -0.15) is 0 Å². The minimum Gasteiger partial charge on any atom is -0.459 e. The Balaban J connectivity index is 1.70. The van der Waals surface area contributed by atoms with Crippen molar-refractivity contribution < 1.29 is 18.7 Å². The minimum atomic E-state index is -0.422. The fourth-order valence-corrected chi connectivity index (χ4v) is 2.96. The van der Waals surface area contributed by atoms with Crippen LogP contribution in [0.2, 0.25) is 10.0 Å². The van der Waals surface area contributed by atoms with Gasteiger partial charge in [-0.05, 0) is 68.4 Å². The zero-order chi connectivity index (χ0) is 20.3. The highest BCUT2D eigenvalue weighted by molar-refractivity contribution is 6.36. The lowest BCUT2D eigenvalue weighted by molar-refractivity contribution is 0.0378. The van der Waals surface area contributed by atoms with Crippen molar-refractivity contribution in [3.05, 3.63) is 76.0 Å². The summed E-state index contributed by atoms with van der Waals surface area (Å²) in [6, 6.07) is 14.6. The van der Waals surface area contributed by atoms with E-state index in [-0.39, 0.29) is 11.9 Å². The average molecular weight is 418 g/mol. The number of hydrogen-bond donors (Lipinski definition) is 1. The molecule has 1 amide bonds. The molecule has 0 aliphatic carbocycles. The minimum absolute atomic E-state index is 0.129. The molecule has 7 heteroatoms. The molecule has 0 atom stereocenters. The zero-order valence-electron chi connectivity index (χ0n) is 15.2. The van der Waals surface area contributed by atoms with E-state index in [1.807, 2.05) is 0 Å². The van der Waals surface area contributed by atoms with Gasteiger partial charge in [0.25, 0.3) is 5.91 Å². The predicted octanol–water partition coefficient (Wildman–Crippen LogP) is 6.07. The summed E-state index contributed by atoms with van der Waals surface area (Å²) in [5, 5.41) is 3.66. The number of esters is 1. The zero-order valence-corrected chi connectivity index (χ0v) is 16.7. The highest BCUT2D eigenvalue weighted by atomic mass is 35.5. The van der Waals surface area contributed by atoms with Gasteiger partial charge in [0.05, 0.1) is 16.7 Å².